The van der Waals surface area contributed by atoms with Gasteiger partial charge in [-0.15, -0.1) is 0 Å². The molecule has 3 atom stereocenters. The molecule has 5 rings (SSSR count). The van der Waals surface area contributed by atoms with E-state index < -0.39 is 35.2 Å². The van der Waals surface area contributed by atoms with Crippen molar-refractivity contribution in [3.05, 3.63) is 46.8 Å². The first-order chi connectivity index (χ1) is 14.6. The molecule has 9 heteroatoms. The van der Waals surface area contributed by atoms with E-state index >= 15 is 0 Å². The largest absolute Gasteiger partial charge is 0.369 e. The molecule has 7 nitrogen and oxygen atoms in total. The molecule has 2 amide bonds. The van der Waals surface area contributed by atoms with Crippen molar-refractivity contribution in [1.29, 1.82) is 0 Å². The number of nitrogens with two attached hydrogens (primary N) is 1. The topological polar surface area (TPSA) is 101 Å². The number of benzene rings is 1. The molecule has 1 saturated carbocycles. The van der Waals surface area contributed by atoms with Crippen molar-refractivity contribution in [2.45, 2.75) is 30.8 Å². The van der Waals surface area contributed by atoms with E-state index in [1.165, 1.54) is 9.58 Å². The minimum absolute atomic E-state index is 0.0153. The molecule has 1 aromatic heterocycles. The Labute approximate surface area is 176 Å². The van der Waals surface area contributed by atoms with Crippen LogP contribution in [-0.4, -0.2) is 56.7 Å². The number of aliphatic hydroxyl groups is 1. The Morgan fingerprint density at radius 2 is 2.06 bits per heavy atom. The quantitative estimate of drug-likeness (QED) is 0.697. The Morgan fingerprint density at radius 3 is 2.74 bits per heavy atom. The monoisotopic (exact) mass is 426 g/mol. The Hall–Kier alpha value is -3.25. The maximum absolute atomic E-state index is 14.0. The first kappa shape index (κ1) is 19.7. The number of primary amides is 1. The number of likely N-dealkylation sites (tertiary alicyclic amines) is 1. The molecule has 3 aliphatic rings. The van der Waals surface area contributed by atoms with Crippen LogP contribution in [0.3, 0.4) is 0 Å². The number of alkyl halides is 2. The lowest BCUT2D eigenvalue weighted by atomic mass is 9.95. The minimum Gasteiger partial charge on any atom is -0.369 e. The van der Waals surface area contributed by atoms with Gasteiger partial charge < -0.3 is 15.7 Å². The Bertz CT molecular complexity index is 1200. The van der Waals surface area contributed by atoms with Gasteiger partial charge in [-0.05, 0) is 31.0 Å². The van der Waals surface area contributed by atoms with E-state index in [9.17, 15) is 23.5 Å². The Morgan fingerprint density at radius 1 is 1.32 bits per heavy atom. The van der Waals surface area contributed by atoms with Crippen LogP contribution in [0.5, 0.6) is 0 Å². The zero-order chi connectivity index (χ0) is 22.1. The number of aromatic nitrogens is 2. The third-order valence-corrected chi connectivity index (χ3v) is 6.54. The molecule has 2 fully saturated rings. The average molecular weight is 426 g/mol. The fraction of sp³-hybridized carbons (Fsp3) is 0.409. The SMILES string of the molecule is CN1CCC(O)(C#Cc2cccc(-n3nc(C(N)=O)c4c3CC3C(C4)C3(F)F)c2)C1=O. The lowest BCUT2D eigenvalue weighted by Gasteiger charge is -2.13. The van der Waals surface area contributed by atoms with Crippen LogP contribution in [-0.2, 0) is 17.6 Å². The van der Waals surface area contributed by atoms with Crippen molar-refractivity contribution in [3.8, 4) is 17.5 Å². The van der Waals surface area contributed by atoms with Crippen LogP contribution in [0.2, 0.25) is 0 Å². The van der Waals surface area contributed by atoms with Crippen LogP contribution in [0.4, 0.5) is 8.78 Å². The summed E-state index contributed by atoms with van der Waals surface area (Å²) >= 11 is 0. The van der Waals surface area contributed by atoms with Gasteiger partial charge in [0.05, 0.1) is 5.69 Å². The Balaban J connectivity index is 1.52. The number of hydrogen-bond acceptors (Lipinski definition) is 4. The fourth-order valence-corrected chi connectivity index (χ4v) is 4.63. The highest BCUT2D eigenvalue weighted by Crippen LogP contribution is 2.61. The van der Waals surface area contributed by atoms with Gasteiger partial charge in [0.15, 0.2) is 5.69 Å². The van der Waals surface area contributed by atoms with Gasteiger partial charge in [0.25, 0.3) is 17.7 Å². The molecule has 2 heterocycles. The van der Waals surface area contributed by atoms with E-state index in [-0.39, 0.29) is 25.0 Å². The van der Waals surface area contributed by atoms with Crippen molar-refractivity contribution in [2.24, 2.45) is 17.6 Å². The number of likely N-dealkylation sites (N-methyl/N-ethyl adjacent to an activating group) is 1. The highest BCUT2D eigenvalue weighted by molar-refractivity contribution is 5.93. The van der Waals surface area contributed by atoms with Gasteiger partial charge in [0.2, 0.25) is 5.60 Å². The second-order valence-electron chi connectivity index (χ2n) is 8.48. The van der Waals surface area contributed by atoms with E-state index in [2.05, 4.69) is 16.9 Å². The number of hydrogen-bond donors (Lipinski definition) is 2. The molecule has 31 heavy (non-hydrogen) atoms. The maximum Gasteiger partial charge on any atom is 0.269 e. The zero-order valence-corrected chi connectivity index (χ0v) is 16.7. The molecule has 0 bridgehead atoms. The van der Waals surface area contributed by atoms with Crippen molar-refractivity contribution in [3.63, 3.8) is 0 Å². The lowest BCUT2D eigenvalue weighted by Crippen LogP contribution is -2.37. The summed E-state index contributed by atoms with van der Waals surface area (Å²) in [6.45, 7) is 0.423. The van der Waals surface area contributed by atoms with E-state index in [1.54, 1.807) is 31.3 Å². The second kappa shape index (κ2) is 6.37. The second-order valence-corrected chi connectivity index (χ2v) is 8.48. The molecule has 3 N–H and O–H groups in total. The number of halogens is 2. The molecule has 0 radical (unpaired) electrons. The molecule has 1 aromatic carbocycles. The van der Waals surface area contributed by atoms with Crippen molar-refractivity contribution >= 4 is 11.8 Å². The van der Waals surface area contributed by atoms with Gasteiger partial charge in [-0.2, -0.15) is 5.10 Å². The Kier molecular flexibility index (Phi) is 4.05. The zero-order valence-electron chi connectivity index (χ0n) is 16.7. The lowest BCUT2D eigenvalue weighted by molar-refractivity contribution is -0.137. The summed E-state index contributed by atoms with van der Waals surface area (Å²) in [6, 6.07) is 6.82. The van der Waals surface area contributed by atoms with Gasteiger partial charge in [0.1, 0.15) is 0 Å². The van der Waals surface area contributed by atoms with Gasteiger partial charge in [-0.1, -0.05) is 17.9 Å². The predicted octanol–water partition coefficient (Wildman–Crippen LogP) is 0.896. The number of carbonyl (C=O) groups is 2. The molecule has 2 aromatic rings. The summed E-state index contributed by atoms with van der Waals surface area (Å²) < 4.78 is 29.5. The van der Waals surface area contributed by atoms with Gasteiger partial charge in [0, 0.05) is 48.7 Å². The van der Waals surface area contributed by atoms with Crippen molar-refractivity contribution in [2.75, 3.05) is 13.6 Å². The maximum atomic E-state index is 14.0. The number of amides is 2. The summed E-state index contributed by atoms with van der Waals surface area (Å²) in [4.78, 5) is 25.4. The van der Waals surface area contributed by atoms with Crippen LogP contribution < -0.4 is 5.73 Å². The van der Waals surface area contributed by atoms with Crippen LogP contribution in [0.15, 0.2) is 24.3 Å². The molecule has 1 aliphatic heterocycles. The molecular weight excluding hydrogens is 406 g/mol. The van der Waals surface area contributed by atoms with Crippen molar-refractivity contribution < 1.29 is 23.5 Å². The molecular formula is C22H20F2N4O3. The normalized spacial score (nSPS) is 27.9. The number of carbonyl (C=O) groups excluding carboxylic acids is 2. The van der Waals surface area contributed by atoms with Gasteiger partial charge >= 0.3 is 0 Å². The molecule has 1 saturated heterocycles. The summed E-state index contributed by atoms with van der Waals surface area (Å²) in [7, 11) is 1.60. The molecule has 3 unspecified atom stereocenters. The van der Waals surface area contributed by atoms with Crippen LogP contribution >= 0.6 is 0 Å². The van der Waals surface area contributed by atoms with E-state index in [0.29, 0.717) is 29.1 Å². The summed E-state index contributed by atoms with van der Waals surface area (Å²) in [5, 5.41) is 14.8. The average Bonchev–Trinajstić information content (AvgIpc) is 3.01. The standard InChI is InChI=1S/C22H20F2N4O3/c1-27-8-7-21(31,20(27)30)6-5-12-3-2-4-13(9-12)28-17-11-16-15(22(16,23)24)10-14(17)18(26-28)19(25)29/h2-4,9,15-16,31H,7-8,10-11H2,1H3,(H2,25,29). The van der Waals surface area contributed by atoms with E-state index in [1.807, 2.05) is 0 Å². The van der Waals surface area contributed by atoms with E-state index in [0.717, 1.165) is 0 Å². The van der Waals surface area contributed by atoms with Gasteiger partial charge in [-0.3, -0.25) is 9.59 Å². The fourth-order valence-electron chi connectivity index (χ4n) is 4.63. The first-order valence-corrected chi connectivity index (χ1v) is 10.0. The molecule has 0 spiro atoms. The highest BCUT2D eigenvalue weighted by Gasteiger charge is 2.69. The smallest absolute Gasteiger partial charge is 0.269 e. The minimum atomic E-state index is -2.73. The number of nitrogens with zero attached hydrogens (tertiary/aromatic N) is 3. The summed E-state index contributed by atoms with van der Waals surface area (Å²) in [5.41, 5.74) is 5.85. The third-order valence-electron chi connectivity index (χ3n) is 6.54. The van der Waals surface area contributed by atoms with Crippen molar-refractivity contribution in [1.82, 2.24) is 14.7 Å². The van der Waals surface area contributed by atoms with Crippen LogP contribution in [0, 0.1) is 23.7 Å². The summed E-state index contributed by atoms with van der Waals surface area (Å²) in [5.74, 6) is 0.0380. The third kappa shape index (κ3) is 2.93. The van der Waals surface area contributed by atoms with E-state index in [4.69, 9.17) is 5.73 Å². The van der Waals surface area contributed by atoms with Gasteiger partial charge in [-0.25, -0.2) is 13.5 Å². The first-order valence-electron chi connectivity index (χ1n) is 10.0. The van der Waals surface area contributed by atoms with Crippen LogP contribution in [0.1, 0.15) is 33.7 Å². The number of fused-ring (bicyclic) bond motifs is 2. The molecule has 2 aliphatic carbocycles. The summed E-state index contributed by atoms with van der Waals surface area (Å²) in [6.07, 6.45) is 0.414. The van der Waals surface area contributed by atoms with Crippen LogP contribution in [0.25, 0.3) is 5.69 Å². The highest BCUT2D eigenvalue weighted by atomic mass is 19.3. The number of rotatable bonds is 2. The molecule has 160 valence electrons. The predicted molar refractivity (Wildman–Crippen MR) is 105 cm³/mol.